The third kappa shape index (κ3) is 6.14. The van der Waals surface area contributed by atoms with Crippen molar-refractivity contribution in [2.75, 3.05) is 18.4 Å². The fourth-order valence-electron chi connectivity index (χ4n) is 5.23. The number of para-hydroxylation sites is 1. The Labute approximate surface area is 231 Å². The zero-order chi connectivity index (χ0) is 29.0. The number of fused-ring (bicyclic) bond motifs is 1. The topological polar surface area (TPSA) is 109 Å². The van der Waals surface area contributed by atoms with E-state index in [4.69, 9.17) is 0 Å². The Hall–Kier alpha value is -4.26. The Morgan fingerprint density at radius 2 is 1.90 bits per heavy atom. The highest BCUT2D eigenvalue weighted by Gasteiger charge is 2.43. The van der Waals surface area contributed by atoms with E-state index in [1.807, 2.05) is 26.8 Å². The summed E-state index contributed by atoms with van der Waals surface area (Å²) in [5.74, 6) is -3.35. The minimum Gasteiger partial charge on any atom is -0.350 e. The van der Waals surface area contributed by atoms with E-state index in [1.165, 1.54) is 15.9 Å². The third-order valence-corrected chi connectivity index (χ3v) is 7.11. The summed E-state index contributed by atoms with van der Waals surface area (Å²) in [4.78, 5) is 46.4. The molecule has 1 saturated heterocycles. The van der Waals surface area contributed by atoms with Gasteiger partial charge in [0, 0.05) is 30.2 Å². The number of aromatic amines is 1. The van der Waals surface area contributed by atoms with Crippen molar-refractivity contribution in [3.8, 4) is 6.07 Å². The maximum absolute atomic E-state index is 14.3. The average molecular weight is 550 g/mol. The molecule has 1 aliphatic heterocycles. The van der Waals surface area contributed by atoms with Gasteiger partial charge in [-0.1, -0.05) is 39.0 Å². The Balaban J connectivity index is 1.61. The lowest BCUT2D eigenvalue weighted by atomic mass is 10.00. The van der Waals surface area contributed by atoms with Crippen molar-refractivity contribution in [3.05, 3.63) is 65.9 Å². The van der Waals surface area contributed by atoms with Crippen LogP contribution < -0.4 is 5.32 Å². The number of halogens is 2. The molecule has 1 aliphatic rings. The van der Waals surface area contributed by atoms with Crippen LogP contribution in [0.25, 0.3) is 10.9 Å². The van der Waals surface area contributed by atoms with Crippen molar-refractivity contribution in [2.24, 2.45) is 11.8 Å². The number of hydrogen-bond acceptors (Lipinski definition) is 4. The van der Waals surface area contributed by atoms with Crippen molar-refractivity contribution in [1.82, 2.24) is 14.8 Å². The van der Waals surface area contributed by atoms with Gasteiger partial charge in [0.2, 0.25) is 11.8 Å². The number of anilines is 1. The Kier molecular flexibility index (Phi) is 8.83. The number of H-pyrrole nitrogens is 1. The Bertz CT molecular complexity index is 1430. The number of aromatic nitrogens is 1. The lowest BCUT2D eigenvalue weighted by Crippen LogP contribution is -2.53. The van der Waals surface area contributed by atoms with Crippen molar-refractivity contribution < 1.29 is 23.2 Å². The van der Waals surface area contributed by atoms with Crippen LogP contribution in [-0.4, -0.2) is 57.7 Å². The number of amides is 3. The number of benzene rings is 2. The molecule has 0 saturated carbocycles. The number of rotatable bonds is 9. The summed E-state index contributed by atoms with van der Waals surface area (Å²) >= 11 is 0. The first-order valence-corrected chi connectivity index (χ1v) is 13.5. The van der Waals surface area contributed by atoms with Gasteiger partial charge in [-0.25, -0.2) is 8.78 Å². The second-order valence-electron chi connectivity index (χ2n) is 10.6. The molecule has 3 unspecified atom stereocenters. The summed E-state index contributed by atoms with van der Waals surface area (Å²) in [6.45, 7) is 6.01. The normalized spacial score (nSPS) is 17.6. The zero-order valence-corrected chi connectivity index (χ0v) is 22.8. The molecule has 0 spiro atoms. The molecule has 10 heteroatoms. The minimum atomic E-state index is -0.910. The summed E-state index contributed by atoms with van der Waals surface area (Å²) in [6.07, 6.45) is 1.05. The van der Waals surface area contributed by atoms with E-state index in [0.29, 0.717) is 18.5 Å². The highest BCUT2D eigenvalue weighted by molar-refractivity contribution is 6.01. The molecule has 0 bridgehead atoms. The zero-order valence-electron chi connectivity index (χ0n) is 22.8. The van der Waals surface area contributed by atoms with Gasteiger partial charge in [-0.3, -0.25) is 14.4 Å². The molecule has 3 aromatic rings. The summed E-state index contributed by atoms with van der Waals surface area (Å²) in [6, 6.07) is 12.5. The molecule has 1 aromatic heterocycles. The maximum atomic E-state index is 14.3. The van der Waals surface area contributed by atoms with Crippen molar-refractivity contribution in [2.45, 2.75) is 52.1 Å². The molecule has 3 amide bonds. The highest BCUT2D eigenvalue weighted by atomic mass is 19.1. The number of likely N-dealkylation sites (tertiary alicyclic amines) is 1. The molecule has 4 rings (SSSR count). The van der Waals surface area contributed by atoms with Crippen LogP contribution in [0.4, 0.5) is 14.5 Å². The number of carbonyl (C=O) groups is 3. The van der Waals surface area contributed by atoms with Crippen molar-refractivity contribution in [1.29, 1.82) is 5.26 Å². The first kappa shape index (κ1) is 28.7. The van der Waals surface area contributed by atoms with Gasteiger partial charge in [0.1, 0.15) is 29.4 Å². The van der Waals surface area contributed by atoms with E-state index in [1.54, 1.807) is 24.3 Å². The van der Waals surface area contributed by atoms with Gasteiger partial charge in [-0.05, 0) is 49.4 Å². The summed E-state index contributed by atoms with van der Waals surface area (Å²) in [5, 5.41) is 12.8. The van der Waals surface area contributed by atoms with E-state index >= 15 is 0 Å². The van der Waals surface area contributed by atoms with Crippen LogP contribution in [0.2, 0.25) is 0 Å². The SMILES string of the molecule is CCCN(C(=O)c1cc2c(F)cc(F)cc2[nH]1)C(CC(C)C)C(=O)N1CC(C(=O)Nc2ccccc2)CC1C#N. The molecular weight excluding hydrogens is 516 g/mol. The molecule has 0 radical (unpaired) electrons. The first-order chi connectivity index (χ1) is 19.1. The van der Waals surface area contributed by atoms with Crippen LogP contribution >= 0.6 is 0 Å². The summed E-state index contributed by atoms with van der Waals surface area (Å²) in [5.41, 5.74) is 0.797. The van der Waals surface area contributed by atoms with Gasteiger partial charge in [0.15, 0.2) is 0 Å². The van der Waals surface area contributed by atoms with Gasteiger partial charge < -0.3 is 20.1 Å². The number of hydrogen-bond donors (Lipinski definition) is 2. The molecular formula is C30H33F2N5O3. The fourth-order valence-corrected chi connectivity index (χ4v) is 5.23. The van der Waals surface area contributed by atoms with Gasteiger partial charge in [0.25, 0.3) is 5.91 Å². The van der Waals surface area contributed by atoms with Gasteiger partial charge in [0.05, 0.1) is 17.5 Å². The monoisotopic (exact) mass is 549 g/mol. The van der Waals surface area contributed by atoms with Gasteiger partial charge in [-0.15, -0.1) is 0 Å². The highest BCUT2D eigenvalue weighted by Crippen LogP contribution is 2.29. The summed E-state index contributed by atoms with van der Waals surface area (Å²) < 4.78 is 28.1. The predicted octanol–water partition coefficient (Wildman–Crippen LogP) is 5.09. The average Bonchev–Trinajstić information content (AvgIpc) is 3.55. The van der Waals surface area contributed by atoms with E-state index in [0.717, 1.165) is 12.1 Å². The number of nitriles is 1. The van der Waals surface area contributed by atoms with Crippen LogP contribution in [-0.2, 0) is 9.59 Å². The molecule has 2 aromatic carbocycles. The molecule has 2 N–H and O–H groups in total. The minimum absolute atomic E-state index is 0.0238. The van der Waals surface area contributed by atoms with Crippen molar-refractivity contribution >= 4 is 34.3 Å². The van der Waals surface area contributed by atoms with E-state index in [2.05, 4.69) is 16.4 Å². The van der Waals surface area contributed by atoms with E-state index < -0.39 is 41.5 Å². The second kappa shape index (κ2) is 12.3. The van der Waals surface area contributed by atoms with Gasteiger partial charge >= 0.3 is 0 Å². The lowest BCUT2D eigenvalue weighted by molar-refractivity contribution is -0.137. The first-order valence-electron chi connectivity index (χ1n) is 13.5. The van der Waals surface area contributed by atoms with E-state index in [9.17, 15) is 28.4 Å². The summed E-state index contributed by atoms with van der Waals surface area (Å²) in [7, 11) is 0. The quantitative estimate of drug-likeness (QED) is 0.387. The molecule has 2 heterocycles. The van der Waals surface area contributed by atoms with Gasteiger partial charge in [-0.2, -0.15) is 5.26 Å². The smallest absolute Gasteiger partial charge is 0.270 e. The second-order valence-corrected chi connectivity index (χ2v) is 10.6. The fraction of sp³-hybridized carbons (Fsp3) is 0.400. The molecule has 3 atom stereocenters. The number of carbonyl (C=O) groups excluding carboxylic acids is 3. The number of nitrogens with one attached hydrogen (secondary N) is 2. The molecule has 1 fully saturated rings. The van der Waals surface area contributed by atoms with Crippen LogP contribution in [0.3, 0.4) is 0 Å². The molecule has 0 aliphatic carbocycles. The standard InChI is InChI=1S/C30H33F2N5O3/c1-4-10-36(29(39)26-15-23-24(32)13-20(31)14-25(23)35-26)27(11-18(2)3)30(40)37-17-19(12-22(37)16-33)28(38)34-21-8-6-5-7-9-21/h5-9,13-15,18-19,22,27,35H,4,10-12,17H2,1-3H3,(H,34,38). The Morgan fingerprint density at radius 1 is 1.18 bits per heavy atom. The molecule has 40 heavy (non-hydrogen) atoms. The predicted molar refractivity (Wildman–Crippen MR) is 147 cm³/mol. The molecule has 8 nitrogen and oxygen atoms in total. The van der Waals surface area contributed by atoms with Crippen LogP contribution in [0.1, 0.15) is 50.5 Å². The number of nitrogens with zero attached hydrogens (tertiary/aromatic N) is 3. The lowest BCUT2D eigenvalue weighted by Gasteiger charge is -2.35. The van der Waals surface area contributed by atoms with Crippen molar-refractivity contribution in [3.63, 3.8) is 0 Å². The maximum Gasteiger partial charge on any atom is 0.270 e. The van der Waals surface area contributed by atoms with E-state index in [-0.39, 0.29) is 47.9 Å². The van der Waals surface area contributed by atoms with Crippen LogP contribution in [0.15, 0.2) is 48.5 Å². The van der Waals surface area contributed by atoms with Crippen LogP contribution in [0.5, 0.6) is 0 Å². The van der Waals surface area contributed by atoms with Crippen LogP contribution in [0, 0.1) is 34.8 Å². The third-order valence-electron chi connectivity index (χ3n) is 7.11. The molecule has 210 valence electrons. The Morgan fingerprint density at radius 3 is 2.55 bits per heavy atom. The largest absolute Gasteiger partial charge is 0.350 e.